The fraction of sp³-hybridized carbons (Fsp3) is 0. The summed E-state index contributed by atoms with van der Waals surface area (Å²) in [7, 11) is 0. The van der Waals surface area contributed by atoms with Gasteiger partial charge in [-0.3, -0.25) is 0 Å². The lowest BCUT2D eigenvalue weighted by atomic mass is 10.5. The molecular formula is C6H3N2O2. The summed E-state index contributed by atoms with van der Waals surface area (Å²) in [5, 5.41) is 0. The highest BCUT2D eigenvalue weighted by atomic mass is 16.4. The summed E-state index contributed by atoms with van der Waals surface area (Å²) in [6, 6.07) is 0. The molecular weight excluding hydrogens is 132 g/mol. The molecule has 0 saturated heterocycles. The fourth-order valence-electron chi connectivity index (χ4n) is 0.630. The summed E-state index contributed by atoms with van der Waals surface area (Å²) in [5.41, 5.74) is 0.584. The van der Waals surface area contributed by atoms with Crippen molar-refractivity contribution in [3.8, 4) is 11.6 Å². The Balaban J connectivity index is 2.48. The van der Waals surface area contributed by atoms with E-state index < -0.39 is 0 Å². The zero-order chi connectivity index (χ0) is 6.81. The van der Waals surface area contributed by atoms with Crippen LogP contribution in [-0.2, 0) is 0 Å². The molecule has 0 aliphatic carbocycles. The highest BCUT2D eigenvalue weighted by Crippen LogP contribution is 2.12. The van der Waals surface area contributed by atoms with Gasteiger partial charge in [-0.05, 0) is 0 Å². The van der Waals surface area contributed by atoms with E-state index in [0.29, 0.717) is 11.6 Å². The Labute approximate surface area is 56.5 Å². The zero-order valence-corrected chi connectivity index (χ0v) is 4.94. The Morgan fingerprint density at radius 3 is 3.00 bits per heavy atom. The van der Waals surface area contributed by atoms with E-state index in [1.54, 1.807) is 0 Å². The van der Waals surface area contributed by atoms with Gasteiger partial charge in [0.2, 0.25) is 5.89 Å². The molecule has 0 bridgehead atoms. The second kappa shape index (κ2) is 1.98. The Kier molecular flexibility index (Phi) is 1.04. The van der Waals surface area contributed by atoms with Crippen LogP contribution >= 0.6 is 0 Å². The van der Waals surface area contributed by atoms with E-state index in [1.165, 1.54) is 18.9 Å². The largest absolute Gasteiger partial charge is 0.451 e. The van der Waals surface area contributed by atoms with Crippen LogP contribution in [0, 0.1) is 6.26 Å². The molecule has 10 heavy (non-hydrogen) atoms. The van der Waals surface area contributed by atoms with Crippen molar-refractivity contribution in [3.63, 3.8) is 0 Å². The maximum absolute atomic E-state index is 4.82. The lowest BCUT2D eigenvalue weighted by Gasteiger charge is -1.80. The third-order valence-electron chi connectivity index (χ3n) is 1.04. The fourth-order valence-corrected chi connectivity index (χ4v) is 0.630. The molecule has 0 spiro atoms. The SMILES string of the molecule is [c]1cnc(-c2cocn2)o1. The first-order valence-corrected chi connectivity index (χ1v) is 2.67. The molecule has 4 heteroatoms. The molecule has 0 atom stereocenters. The van der Waals surface area contributed by atoms with E-state index in [2.05, 4.69) is 16.2 Å². The van der Waals surface area contributed by atoms with Gasteiger partial charge in [0.1, 0.15) is 6.26 Å². The zero-order valence-electron chi connectivity index (χ0n) is 4.94. The van der Waals surface area contributed by atoms with Gasteiger partial charge in [0.25, 0.3) is 0 Å². The van der Waals surface area contributed by atoms with Gasteiger partial charge in [-0.1, -0.05) is 0 Å². The van der Waals surface area contributed by atoms with Crippen molar-refractivity contribution in [1.29, 1.82) is 0 Å². The second-order valence-electron chi connectivity index (χ2n) is 1.66. The van der Waals surface area contributed by atoms with Crippen LogP contribution in [0.4, 0.5) is 0 Å². The van der Waals surface area contributed by atoms with Crippen molar-refractivity contribution in [2.75, 3.05) is 0 Å². The molecule has 0 amide bonds. The molecule has 2 aromatic rings. The summed E-state index contributed by atoms with van der Waals surface area (Å²) in [6.07, 6.45) is 6.66. The second-order valence-corrected chi connectivity index (χ2v) is 1.66. The molecule has 2 heterocycles. The molecule has 0 fully saturated rings. The molecule has 0 saturated carbocycles. The number of oxazole rings is 2. The summed E-state index contributed by atoms with van der Waals surface area (Å²) < 4.78 is 9.53. The van der Waals surface area contributed by atoms with Crippen molar-refractivity contribution < 1.29 is 8.83 Å². The van der Waals surface area contributed by atoms with Crippen LogP contribution < -0.4 is 0 Å². The Morgan fingerprint density at radius 2 is 2.40 bits per heavy atom. The maximum atomic E-state index is 4.82. The molecule has 0 N–H and O–H groups in total. The van der Waals surface area contributed by atoms with E-state index in [0.717, 1.165) is 0 Å². The first-order valence-electron chi connectivity index (χ1n) is 2.67. The lowest BCUT2D eigenvalue weighted by Crippen LogP contribution is -1.72. The highest BCUT2D eigenvalue weighted by molar-refractivity contribution is 5.42. The maximum Gasteiger partial charge on any atom is 0.249 e. The Bertz CT molecular complexity index is 253. The number of aromatic nitrogens is 2. The van der Waals surface area contributed by atoms with Gasteiger partial charge in [0, 0.05) is 0 Å². The third kappa shape index (κ3) is 0.699. The Morgan fingerprint density at radius 1 is 1.40 bits per heavy atom. The van der Waals surface area contributed by atoms with Crippen molar-refractivity contribution >= 4 is 0 Å². The van der Waals surface area contributed by atoms with Crippen LogP contribution in [0.15, 0.2) is 27.7 Å². The molecule has 49 valence electrons. The third-order valence-corrected chi connectivity index (χ3v) is 1.04. The number of nitrogens with zero attached hydrogens (tertiary/aromatic N) is 2. The van der Waals surface area contributed by atoms with Crippen LogP contribution in [0.25, 0.3) is 11.6 Å². The quantitative estimate of drug-likeness (QED) is 0.588. The summed E-state index contributed by atoms with van der Waals surface area (Å²) in [4.78, 5) is 7.63. The van der Waals surface area contributed by atoms with E-state index in [-0.39, 0.29) is 0 Å². The van der Waals surface area contributed by atoms with Crippen molar-refractivity contribution in [3.05, 3.63) is 25.1 Å². The molecule has 0 unspecified atom stereocenters. The van der Waals surface area contributed by atoms with Gasteiger partial charge in [-0.2, -0.15) is 0 Å². The van der Waals surface area contributed by atoms with Crippen LogP contribution in [-0.4, -0.2) is 9.97 Å². The number of hydrogen-bond acceptors (Lipinski definition) is 4. The van der Waals surface area contributed by atoms with Gasteiger partial charge >= 0.3 is 0 Å². The summed E-state index contributed by atoms with van der Waals surface area (Å²) in [6.45, 7) is 0. The van der Waals surface area contributed by atoms with Crippen LogP contribution in [0.1, 0.15) is 0 Å². The molecule has 1 radical (unpaired) electrons. The highest BCUT2D eigenvalue weighted by Gasteiger charge is 2.03. The molecule has 4 nitrogen and oxygen atoms in total. The van der Waals surface area contributed by atoms with Gasteiger partial charge < -0.3 is 8.83 Å². The lowest BCUT2D eigenvalue weighted by molar-refractivity contribution is 0.551. The van der Waals surface area contributed by atoms with Crippen molar-refractivity contribution in [2.45, 2.75) is 0 Å². The van der Waals surface area contributed by atoms with Gasteiger partial charge in [0.15, 0.2) is 18.4 Å². The number of rotatable bonds is 1. The van der Waals surface area contributed by atoms with Gasteiger partial charge in [0.05, 0.1) is 6.20 Å². The monoisotopic (exact) mass is 135 g/mol. The molecule has 2 aromatic heterocycles. The minimum absolute atomic E-state index is 0.425. The standard InChI is InChI=1S/C6H3N2O2/c1-2-10-6(7-1)5-3-9-4-8-5/h1,3-4H. The van der Waals surface area contributed by atoms with Crippen molar-refractivity contribution in [2.24, 2.45) is 0 Å². The molecule has 0 aliphatic heterocycles. The average Bonchev–Trinajstić information content (AvgIpc) is 2.59. The first-order chi connectivity index (χ1) is 4.97. The molecule has 2 rings (SSSR count). The minimum atomic E-state index is 0.425. The number of hydrogen-bond donors (Lipinski definition) is 0. The van der Waals surface area contributed by atoms with Crippen molar-refractivity contribution in [1.82, 2.24) is 9.97 Å². The molecule has 0 aromatic carbocycles. The van der Waals surface area contributed by atoms with E-state index in [1.807, 2.05) is 0 Å². The van der Waals surface area contributed by atoms with E-state index in [4.69, 9.17) is 8.83 Å². The smallest absolute Gasteiger partial charge is 0.249 e. The van der Waals surface area contributed by atoms with Crippen LogP contribution in [0.3, 0.4) is 0 Å². The normalized spacial score (nSPS) is 10.0. The average molecular weight is 135 g/mol. The van der Waals surface area contributed by atoms with E-state index >= 15 is 0 Å². The summed E-state index contributed by atoms with van der Waals surface area (Å²) >= 11 is 0. The predicted molar refractivity (Wildman–Crippen MR) is 30.8 cm³/mol. The van der Waals surface area contributed by atoms with Crippen LogP contribution in [0.2, 0.25) is 0 Å². The predicted octanol–water partition coefficient (Wildman–Crippen LogP) is 1.13. The van der Waals surface area contributed by atoms with Gasteiger partial charge in [-0.15, -0.1) is 0 Å². The topological polar surface area (TPSA) is 52.1 Å². The summed E-state index contributed by atoms with van der Waals surface area (Å²) in [5.74, 6) is 0.425. The molecule has 0 aliphatic rings. The van der Waals surface area contributed by atoms with Gasteiger partial charge in [-0.25, -0.2) is 9.97 Å². The Hall–Kier alpha value is -1.58. The van der Waals surface area contributed by atoms with Crippen LogP contribution in [0.5, 0.6) is 0 Å². The van der Waals surface area contributed by atoms with E-state index in [9.17, 15) is 0 Å². The minimum Gasteiger partial charge on any atom is -0.451 e. The first kappa shape index (κ1) is 5.22.